The molecule has 0 bridgehead atoms. The molecular weight excluding hydrogens is 246 g/mol. The van der Waals surface area contributed by atoms with Gasteiger partial charge in [-0.05, 0) is 19.1 Å². The van der Waals surface area contributed by atoms with Gasteiger partial charge in [0.25, 0.3) is 0 Å². The number of oxime groups is 1. The molecule has 0 amide bonds. The first-order chi connectivity index (χ1) is 9.17. The summed E-state index contributed by atoms with van der Waals surface area (Å²) in [6.45, 7) is 2.26. The summed E-state index contributed by atoms with van der Waals surface area (Å²) in [5.74, 6) is -0.256. The van der Waals surface area contributed by atoms with Gasteiger partial charge in [0.15, 0.2) is 5.84 Å². The van der Waals surface area contributed by atoms with Crippen molar-refractivity contribution in [1.29, 1.82) is 0 Å². The van der Waals surface area contributed by atoms with Crippen molar-refractivity contribution >= 4 is 22.7 Å². The average Bonchev–Trinajstić information content (AvgIpc) is 2.81. The van der Waals surface area contributed by atoms with E-state index in [1.54, 1.807) is 29.8 Å². The lowest BCUT2D eigenvalue weighted by atomic mass is 10.1. The number of fused-ring (bicyclic) bond motifs is 1. The largest absolute Gasteiger partial charge is 0.465 e. The van der Waals surface area contributed by atoms with Crippen LogP contribution in [-0.2, 0) is 16.1 Å². The van der Waals surface area contributed by atoms with Gasteiger partial charge in [-0.2, -0.15) is 0 Å². The number of benzene rings is 1. The third-order valence-corrected chi connectivity index (χ3v) is 2.80. The smallest absolute Gasteiger partial charge is 0.325 e. The van der Waals surface area contributed by atoms with E-state index in [0.29, 0.717) is 12.2 Å². The first kappa shape index (κ1) is 12.9. The summed E-state index contributed by atoms with van der Waals surface area (Å²) < 4.78 is 6.68. The topological polar surface area (TPSA) is 89.8 Å². The van der Waals surface area contributed by atoms with E-state index >= 15 is 0 Å². The van der Waals surface area contributed by atoms with Crippen molar-refractivity contribution in [1.82, 2.24) is 4.57 Å². The van der Waals surface area contributed by atoms with E-state index in [-0.39, 0.29) is 18.3 Å². The Labute approximate surface area is 110 Å². The third-order valence-electron chi connectivity index (χ3n) is 2.80. The van der Waals surface area contributed by atoms with E-state index in [0.717, 1.165) is 10.9 Å². The molecule has 1 aromatic heterocycles. The number of nitrogens with two attached hydrogens (primary N) is 1. The number of aromatic nitrogens is 1. The summed E-state index contributed by atoms with van der Waals surface area (Å²) in [4.78, 5) is 11.5. The normalized spacial score (nSPS) is 11.7. The molecule has 2 aromatic rings. The Kier molecular flexibility index (Phi) is 3.70. The van der Waals surface area contributed by atoms with E-state index in [1.165, 1.54) is 0 Å². The maximum absolute atomic E-state index is 11.5. The highest BCUT2D eigenvalue weighted by atomic mass is 16.5. The molecule has 0 unspecified atom stereocenters. The Balaban J connectivity index is 2.41. The molecule has 6 heteroatoms. The van der Waals surface area contributed by atoms with Crippen molar-refractivity contribution in [3.8, 4) is 0 Å². The molecule has 1 aromatic carbocycles. The van der Waals surface area contributed by atoms with Gasteiger partial charge >= 0.3 is 5.97 Å². The van der Waals surface area contributed by atoms with Crippen molar-refractivity contribution in [2.45, 2.75) is 13.5 Å². The van der Waals surface area contributed by atoms with Crippen molar-refractivity contribution in [2.75, 3.05) is 6.61 Å². The molecule has 0 spiro atoms. The van der Waals surface area contributed by atoms with Gasteiger partial charge in [0.2, 0.25) is 0 Å². The quantitative estimate of drug-likeness (QED) is 0.285. The molecule has 2 rings (SSSR count). The number of hydrogen-bond acceptors (Lipinski definition) is 4. The highest BCUT2D eigenvalue weighted by molar-refractivity contribution is 6.08. The summed E-state index contributed by atoms with van der Waals surface area (Å²) in [5.41, 5.74) is 7.08. The molecular formula is C13H15N3O3. The molecule has 100 valence electrons. The molecule has 0 aliphatic rings. The maximum Gasteiger partial charge on any atom is 0.325 e. The fraction of sp³-hybridized carbons (Fsp3) is 0.231. The minimum Gasteiger partial charge on any atom is -0.465 e. The summed E-state index contributed by atoms with van der Waals surface area (Å²) in [6.07, 6.45) is 1.77. The van der Waals surface area contributed by atoms with Gasteiger partial charge in [-0.1, -0.05) is 17.3 Å². The van der Waals surface area contributed by atoms with E-state index in [4.69, 9.17) is 15.7 Å². The van der Waals surface area contributed by atoms with Gasteiger partial charge in [0.1, 0.15) is 6.54 Å². The molecule has 0 aliphatic carbocycles. The minimum absolute atomic E-state index is 0.0412. The Bertz CT molecular complexity index is 631. The van der Waals surface area contributed by atoms with Crippen LogP contribution in [0, 0.1) is 0 Å². The van der Waals surface area contributed by atoms with Gasteiger partial charge in [0, 0.05) is 22.7 Å². The van der Waals surface area contributed by atoms with Crippen molar-refractivity contribution in [3.05, 3.63) is 36.0 Å². The Morgan fingerprint density at radius 2 is 2.26 bits per heavy atom. The van der Waals surface area contributed by atoms with Gasteiger partial charge in [0.05, 0.1) is 6.61 Å². The zero-order chi connectivity index (χ0) is 13.8. The summed E-state index contributed by atoms with van der Waals surface area (Å²) in [7, 11) is 0. The molecule has 0 atom stereocenters. The number of hydrogen-bond donors (Lipinski definition) is 2. The Morgan fingerprint density at radius 3 is 2.95 bits per heavy atom. The second kappa shape index (κ2) is 5.43. The first-order valence-corrected chi connectivity index (χ1v) is 5.88. The van der Waals surface area contributed by atoms with Gasteiger partial charge in [-0.25, -0.2) is 0 Å². The number of nitrogens with zero attached hydrogens (tertiary/aromatic N) is 2. The molecule has 19 heavy (non-hydrogen) atoms. The van der Waals surface area contributed by atoms with Crippen LogP contribution in [0.3, 0.4) is 0 Å². The van der Waals surface area contributed by atoms with Crippen LogP contribution in [0.1, 0.15) is 12.5 Å². The summed E-state index contributed by atoms with van der Waals surface area (Å²) in [5, 5.41) is 12.6. The monoisotopic (exact) mass is 261 g/mol. The predicted molar refractivity (Wildman–Crippen MR) is 71.1 cm³/mol. The lowest BCUT2D eigenvalue weighted by Crippen LogP contribution is -2.14. The zero-order valence-corrected chi connectivity index (χ0v) is 10.5. The van der Waals surface area contributed by atoms with Crippen LogP contribution in [0.25, 0.3) is 10.9 Å². The van der Waals surface area contributed by atoms with E-state index in [9.17, 15) is 4.79 Å². The van der Waals surface area contributed by atoms with Gasteiger partial charge in [-0.15, -0.1) is 0 Å². The molecule has 1 heterocycles. The van der Waals surface area contributed by atoms with Crippen molar-refractivity contribution < 1.29 is 14.7 Å². The van der Waals surface area contributed by atoms with Crippen LogP contribution in [0.5, 0.6) is 0 Å². The van der Waals surface area contributed by atoms with Crippen LogP contribution in [0.15, 0.2) is 35.6 Å². The van der Waals surface area contributed by atoms with Crippen LogP contribution in [0.2, 0.25) is 0 Å². The average molecular weight is 261 g/mol. The Morgan fingerprint density at radius 1 is 1.47 bits per heavy atom. The number of ether oxygens (including phenoxy) is 1. The van der Waals surface area contributed by atoms with Gasteiger partial charge < -0.3 is 20.2 Å². The number of carbonyl (C=O) groups excluding carboxylic acids is 1. The number of amidine groups is 1. The van der Waals surface area contributed by atoms with Crippen LogP contribution in [0.4, 0.5) is 0 Å². The second-order valence-electron chi connectivity index (χ2n) is 3.97. The number of rotatable bonds is 4. The standard InChI is InChI=1S/C13H15N3O3/c1-2-19-12(17)8-16-7-6-9-10(13(14)15-18)4-3-5-11(9)16/h3-7,18H,2,8H2,1H3,(H2,14,15). The molecule has 0 fully saturated rings. The lowest BCUT2D eigenvalue weighted by molar-refractivity contribution is -0.143. The van der Waals surface area contributed by atoms with E-state index in [1.807, 2.05) is 12.1 Å². The highest BCUT2D eigenvalue weighted by Gasteiger charge is 2.11. The molecule has 6 nitrogen and oxygen atoms in total. The second-order valence-corrected chi connectivity index (χ2v) is 3.97. The van der Waals surface area contributed by atoms with Gasteiger partial charge in [-0.3, -0.25) is 4.79 Å². The molecule has 0 saturated heterocycles. The maximum atomic E-state index is 11.5. The first-order valence-electron chi connectivity index (χ1n) is 5.88. The fourth-order valence-corrected chi connectivity index (χ4v) is 1.98. The SMILES string of the molecule is CCOC(=O)Cn1ccc2c(C(N)=NO)cccc21. The molecule has 3 N–H and O–H groups in total. The highest BCUT2D eigenvalue weighted by Crippen LogP contribution is 2.20. The molecule has 0 saturated carbocycles. The van der Waals surface area contributed by atoms with Crippen LogP contribution >= 0.6 is 0 Å². The summed E-state index contributed by atoms with van der Waals surface area (Å²) in [6, 6.07) is 7.23. The van der Waals surface area contributed by atoms with Crippen molar-refractivity contribution in [3.63, 3.8) is 0 Å². The third kappa shape index (κ3) is 2.52. The lowest BCUT2D eigenvalue weighted by Gasteiger charge is -2.06. The van der Waals surface area contributed by atoms with E-state index < -0.39 is 0 Å². The molecule has 0 radical (unpaired) electrons. The van der Waals surface area contributed by atoms with Crippen LogP contribution < -0.4 is 5.73 Å². The Hall–Kier alpha value is -2.50. The minimum atomic E-state index is -0.297. The van der Waals surface area contributed by atoms with E-state index in [2.05, 4.69) is 5.16 Å². The number of carbonyl (C=O) groups is 1. The predicted octanol–water partition coefficient (Wildman–Crippen LogP) is 1.30. The molecule has 0 aliphatic heterocycles. The number of esters is 1. The van der Waals surface area contributed by atoms with Crippen molar-refractivity contribution in [2.24, 2.45) is 10.9 Å². The fourth-order valence-electron chi connectivity index (χ4n) is 1.98. The van der Waals surface area contributed by atoms with Crippen LogP contribution in [-0.4, -0.2) is 28.2 Å². The zero-order valence-electron chi connectivity index (χ0n) is 10.5. The summed E-state index contributed by atoms with van der Waals surface area (Å²) >= 11 is 0.